The van der Waals surface area contributed by atoms with Crippen molar-refractivity contribution >= 4 is 34.6 Å². The van der Waals surface area contributed by atoms with Gasteiger partial charge in [-0.1, -0.05) is 25.4 Å². The van der Waals surface area contributed by atoms with Crippen molar-refractivity contribution in [2.75, 3.05) is 31.1 Å². The van der Waals surface area contributed by atoms with Crippen LogP contribution in [0.15, 0.2) is 36.7 Å². The number of amides is 1. The van der Waals surface area contributed by atoms with Gasteiger partial charge in [0, 0.05) is 49.5 Å². The topological polar surface area (TPSA) is 70.8 Å². The zero-order chi connectivity index (χ0) is 21.8. The molecule has 0 atom stereocenters. The van der Waals surface area contributed by atoms with Gasteiger partial charge in [0.2, 0.25) is 0 Å². The van der Waals surface area contributed by atoms with E-state index in [1.165, 1.54) is 0 Å². The summed E-state index contributed by atoms with van der Waals surface area (Å²) in [5.74, 6) is 0.0157. The van der Waals surface area contributed by atoms with Crippen molar-refractivity contribution in [3.05, 3.63) is 58.5 Å². The summed E-state index contributed by atoms with van der Waals surface area (Å²) in [6, 6.07) is 7.76. The third kappa shape index (κ3) is 3.57. The van der Waals surface area contributed by atoms with Crippen LogP contribution in [0.25, 0.3) is 5.65 Å². The molecule has 0 bridgehead atoms. The monoisotopic (exact) mass is 437 g/mol. The molecule has 0 unspecified atom stereocenters. The molecule has 1 aromatic carbocycles. The minimum Gasteiger partial charge on any atom is -0.368 e. The van der Waals surface area contributed by atoms with Crippen molar-refractivity contribution in [3.8, 4) is 0 Å². The van der Waals surface area contributed by atoms with Crippen LogP contribution in [-0.4, -0.2) is 57.4 Å². The molecule has 1 fully saturated rings. The number of carbonyl (C=O) groups is 2. The number of rotatable bonds is 2. The van der Waals surface area contributed by atoms with E-state index >= 15 is 0 Å². The van der Waals surface area contributed by atoms with Gasteiger partial charge in [0.25, 0.3) is 5.91 Å². The molecule has 1 saturated heterocycles. The summed E-state index contributed by atoms with van der Waals surface area (Å²) in [5.41, 5.74) is 3.44. The summed E-state index contributed by atoms with van der Waals surface area (Å²) in [7, 11) is 0. The molecular formula is C23H24ClN5O2. The lowest BCUT2D eigenvalue weighted by Gasteiger charge is -2.36. The quantitative estimate of drug-likeness (QED) is 0.613. The van der Waals surface area contributed by atoms with E-state index in [1.807, 2.05) is 29.2 Å². The van der Waals surface area contributed by atoms with Crippen molar-refractivity contribution < 1.29 is 9.59 Å². The second-order valence-electron chi connectivity index (χ2n) is 9.11. The number of hydrogen-bond donors (Lipinski definition) is 0. The Hall–Kier alpha value is -2.93. The first-order valence-corrected chi connectivity index (χ1v) is 10.9. The molecule has 0 saturated carbocycles. The number of fused-ring (bicyclic) bond motifs is 3. The molecule has 5 rings (SSSR count). The molecule has 3 heterocycles. The third-order valence-electron chi connectivity index (χ3n) is 6.20. The molecular weight excluding hydrogens is 414 g/mol. The van der Waals surface area contributed by atoms with Crippen molar-refractivity contribution in [2.24, 2.45) is 5.41 Å². The van der Waals surface area contributed by atoms with Crippen molar-refractivity contribution in [2.45, 2.75) is 26.7 Å². The number of anilines is 1. The second-order valence-corrected chi connectivity index (χ2v) is 9.55. The molecule has 8 heteroatoms. The summed E-state index contributed by atoms with van der Waals surface area (Å²) >= 11 is 5.98. The normalized spacial score (nSPS) is 18.4. The molecule has 0 spiro atoms. The second kappa shape index (κ2) is 7.34. The fourth-order valence-corrected chi connectivity index (χ4v) is 4.69. The van der Waals surface area contributed by atoms with Gasteiger partial charge in [-0.25, -0.2) is 9.50 Å². The Morgan fingerprint density at radius 1 is 1.03 bits per heavy atom. The van der Waals surface area contributed by atoms with Crippen molar-refractivity contribution in [3.63, 3.8) is 0 Å². The molecule has 160 valence electrons. The molecule has 2 aliphatic rings. The van der Waals surface area contributed by atoms with Crippen LogP contribution in [0.5, 0.6) is 0 Å². The SMILES string of the molecule is CC1(C)CC(=O)c2cnc3c(C(=O)N4CCN(c5ccc(Cl)cc5)CC4)cnn3c2C1. The molecule has 7 nitrogen and oxygen atoms in total. The van der Waals surface area contributed by atoms with Crippen LogP contribution < -0.4 is 4.90 Å². The molecule has 2 aromatic heterocycles. The van der Waals surface area contributed by atoms with Crippen LogP contribution in [-0.2, 0) is 6.42 Å². The lowest BCUT2D eigenvalue weighted by molar-refractivity contribution is 0.0748. The average molecular weight is 438 g/mol. The summed E-state index contributed by atoms with van der Waals surface area (Å²) in [6.07, 6.45) is 4.42. The first-order chi connectivity index (χ1) is 14.8. The Morgan fingerprint density at radius 3 is 2.45 bits per heavy atom. The highest BCUT2D eigenvalue weighted by Gasteiger charge is 2.34. The Balaban J connectivity index is 1.38. The number of halogens is 1. The fourth-order valence-electron chi connectivity index (χ4n) is 4.57. The number of Topliss-reactive ketones (excluding diaryl/α,β-unsaturated/α-hetero) is 1. The van der Waals surface area contributed by atoms with Crippen LogP contribution in [0, 0.1) is 5.41 Å². The van der Waals surface area contributed by atoms with Crippen molar-refractivity contribution in [1.29, 1.82) is 0 Å². The molecule has 1 amide bonds. The van der Waals surface area contributed by atoms with E-state index < -0.39 is 0 Å². The molecule has 0 radical (unpaired) electrons. The van der Waals surface area contributed by atoms with Crippen LogP contribution in [0.4, 0.5) is 5.69 Å². The summed E-state index contributed by atoms with van der Waals surface area (Å²) in [5, 5.41) is 5.16. The number of ketones is 1. The van der Waals surface area contributed by atoms with E-state index in [2.05, 4.69) is 28.8 Å². The smallest absolute Gasteiger partial charge is 0.259 e. The summed E-state index contributed by atoms with van der Waals surface area (Å²) in [6.45, 7) is 6.90. The van der Waals surface area contributed by atoms with Gasteiger partial charge in [0.05, 0.1) is 17.5 Å². The standard InChI is InChI=1S/C23H24ClN5O2/c1-23(2)11-19-17(20(30)12-23)13-25-21-18(14-26-29(19)21)22(31)28-9-7-27(8-10-28)16-5-3-15(24)4-6-16/h3-6,13-14H,7-12H2,1-2H3. The molecule has 0 N–H and O–H groups in total. The highest BCUT2D eigenvalue weighted by atomic mass is 35.5. The van der Waals surface area contributed by atoms with Gasteiger partial charge in [-0.2, -0.15) is 5.10 Å². The Morgan fingerprint density at radius 2 is 1.74 bits per heavy atom. The van der Waals surface area contributed by atoms with Gasteiger partial charge in [-0.15, -0.1) is 0 Å². The number of aromatic nitrogens is 3. The van der Waals surface area contributed by atoms with E-state index in [9.17, 15) is 9.59 Å². The van der Waals surface area contributed by atoms with Crippen LogP contribution >= 0.6 is 11.6 Å². The van der Waals surface area contributed by atoms with Gasteiger partial charge >= 0.3 is 0 Å². The minimum atomic E-state index is -0.132. The lowest BCUT2D eigenvalue weighted by atomic mass is 9.76. The highest BCUT2D eigenvalue weighted by molar-refractivity contribution is 6.30. The third-order valence-corrected chi connectivity index (χ3v) is 6.45. The maximum Gasteiger partial charge on any atom is 0.259 e. The van der Waals surface area contributed by atoms with E-state index in [4.69, 9.17) is 11.6 Å². The zero-order valence-electron chi connectivity index (χ0n) is 17.6. The maximum absolute atomic E-state index is 13.3. The number of carbonyl (C=O) groups excluding carboxylic acids is 2. The Kier molecular flexibility index (Phi) is 4.73. The number of hydrogen-bond acceptors (Lipinski definition) is 5. The van der Waals surface area contributed by atoms with Gasteiger partial charge in [-0.05, 0) is 36.1 Å². The predicted octanol–water partition coefficient (Wildman–Crippen LogP) is 3.50. The van der Waals surface area contributed by atoms with E-state index in [1.54, 1.807) is 16.9 Å². The fraction of sp³-hybridized carbons (Fsp3) is 0.391. The number of nitrogens with zero attached hydrogens (tertiary/aromatic N) is 5. The summed E-state index contributed by atoms with van der Waals surface area (Å²) in [4.78, 5) is 34.3. The van der Waals surface area contributed by atoms with Gasteiger partial charge in [0.15, 0.2) is 11.4 Å². The minimum absolute atomic E-state index is 0.0698. The lowest BCUT2D eigenvalue weighted by Crippen LogP contribution is -2.48. The Labute approximate surface area is 185 Å². The Bertz CT molecular complexity index is 1180. The maximum atomic E-state index is 13.3. The van der Waals surface area contributed by atoms with Gasteiger partial charge in [-0.3, -0.25) is 9.59 Å². The molecule has 3 aromatic rings. The van der Waals surface area contributed by atoms with Gasteiger partial charge < -0.3 is 9.80 Å². The average Bonchev–Trinajstić information content (AvgIpc) is 3.18. The number of benzene rings is 1. The van der Waals surface area contributed by atoms with Gasteiger partial charge in [0.1, 0.15) is 5.56 Å². The van der Waals surface area contributed by atoms with Crippen LogP contribution in [0.2, 0.25) is 5.02 Å². The highest BCUT2D eigenvalue weighted by Crippen LogP contribution is 2.34. The van der Waals surface area contributed by atoms with E-state index in [0.717, 1.165) is 30.9 Å². The number of piperazine rings is 1. The van der Waals surface area contributed by atoms with E-state index in [-0.39, 0.29) is 17.1 Å². The first-order valence-electron chi connectivity index (χ1n) is 10.5. The molecule has 31 heavy (non-hydrogen) atoms. The van der Waals surface area contributed by atoms with Crippen LogP contribution in [0.1, 0.15) is 46.7 Å². The zero-order valence-corrected chi connectivity index (χ0v) is 18.4. The largest absolute Gasteiger partial charge is 0.368 e. The van der Waals surface area contributed by atoms with Crippen LogP contribution in [0.3, 0.4) is 0 Å². The first kappa shape index (κ1) is 20.0. The summed E-state index contributed by atoms with van der Waals surface area (Å²) < 4.78 is 1.69. The predicted molar refractivity (Wildman–Crippen MR) is 119 cm³/mol. The van der Waals surface area contributed by atoms with E-state index in [0.29, 0.717) is 41.3 Å². The van der Waals surface area contributed by atoms with Crippen molar-refractivity contribution in [1.82, 2.24) is 19.5 Å². The molecule has 1 aliphatic carbocycles. The molecule has 1 aliphatic heterocycles.